The molecule has 0 fully saturated rings. The maximum atomic E-state index is 12.2. The van der Waals surface area contributed by atoms with E-state index in [1.807, 2.05) is 6.92 Å². The summed E-state index contributed by atoms with van der Waals surface area (Å²) in [7, 11) is 1.78. The quantitative estimate of drug-likeness (QED) is 0.812. The average molecular weight is 316 g/mol. The highest BCUT2D eigenvalue weighted by Crippen LogP contribution is 2.15. The Balaban J connectivity index is 2.06. The molecule has 0 saturated heterocycles. The number of hydrogen-bond donors (Lipinski definition) is 2. The third-order valence-corrected chi connectivity index (χ3v) is 3.45. The molecule has 7 heteroatoms. The third-order valence-electron chi connectivity index (χ3n) is 3.45. The number of carboxylic acids is 1. The molecule has 1 aromatic heterocycles. The van der Waals surface area contributed by atoms with Crippen molar-refractivity contribution < 1.29 is 14.7 Å². The number of unbranched alkanes of at least 4 members (excludes halogenated alkanes) is 1. The van der Waals surface area contributed by atoms with Crippen molar-refractivity contribution in [1.82, 2.24) is 20.1 Å². The summed E-state index contributed by atoms with van der Waals surface area (Å²) < 4.78 is 1.60. The molecule has 7 nitrogen and oxygen atoms in total. The normalized spacial score (nSPS) is 11.9. The van der Waals surface area contributed by atoms with Gasteiger partial charge in [0, 0.05) is 18.2 Å². The number of aromatic nitrogens is 3. The number of aliphatic carboxylic acids is 1. The minimum atomic E-state index is -1.01. The Morgan fingerprint density at radius 2 is 2.00 bits per heavy atom. The largest absolute Gasteiger partial charge is 0.480 e. The SMILES string of the molecule is CCCCC(NC(=O)c1ccc(-c2ncn(C)n2)cc1)C(=O)O. The van der Waals surface area contributed by atoms with Crippen molar-refractivity contribution >= 4 is 11.9 Å². The van der Waals surface area contributed by atoms with Crippen LogP contribution >= 0.6 is 0 Å². The summed E-state index contributed by atoms with van der Waals surface area (Å²) >= 11 is 0. The van der Waals surface area contributed by atoms with E-state index in [9.17, 15) is 9.59 Å². The van der Waals surface area contributed by atoms with E-state index in [4.69, 9.17) is 5.11 Å². The molecular formula is C16H20N4O3. The minimum absolute atomic E-state index is 0.394. The number of rotatable bonds is 7. The number of benzene rings is 1. The Bertz CT molecular complexity index is 679. The van der Waals surface area contributed by atoms with Crippen LogP contribution in [-0.2, 0) is 11.8 Å². The van der Waals surface area contributed by atoms with Crippen molar-refractivity contribution in [3.05, 3.63) is 36.2 Å². The van der Waals surface area contributed by atoms with E-state index in [-0.39, 0.29) is 0 Å². The summed E-state index contributed by atoms with van der Waals surface area (Å²) in [6, 6.07) is 5.90. The number of carboxylic acid groups (broad SMARTS) is 1. The second-order valence-electron chi connectivity index (χ2n) is 5.33. The molecule has 2 aromatic rings. The van der Waals surface area contributed by atoms with Crippen LogP contribution in [0.5, 0.6) is 0 Å². The van der Waals surface area contributed by atoms with E-state index in [1.165, 1.54) is 0 Å². The Hall–Kier alpha value is -2.70. The van der Waals surface area contributed by atoms with Crippen LogP contribution in [0.4, 0.5) is 0 Å². The lowest BCUT2D eigenvalue weighted by molar-refractivity contribution is -0.139. The highest BCUT2D eigenvalue weighted by Gasteiger charge is 2.20. The van der Waals surface area contributed by atoms with Crippen molar-refractivity contribution in [2.45, 2.75) is 32.2 Å². The lowest BCUT2D eigenvalue weighted by Gasteiger charge is -2.14. The van der Waals surface area contributed by atoms with E-state index in [2.05, 4.69) is 15.4 Å². The van der Waals surface area contributed by atoms with Gasteiger partial charge in [0.1, 0.15) is 12.4 Å². The summed E-state index contributed by atoms with van der Waals surface area (Å²) in [6.45, 7) is 1.98. The Morgan fingerprint density at radius 1 is 1.30 bits per heavy atom. The van der Waals surface area contributed by atoms with E-state index >= 15 is 0 Å². The zero-order chi connectivity index (χ0) is 16.8. The number of carbonyl (C=O) groups excluding carboxylic acids is 1. The number of carbonyl (C=O) groups is 2. The van der Waals surface area contributed by atoms with Gasteiger partial charge < -0.3 is 10.4 Å². The molecule has 2 N–H and O–H groups in total. The van der Waals surface area contributed by atoms with Gasteiger partial charge in [-0.25, -0.2) is 9.78 Å². The van der Waals surface area contributed by atoms with Crippen molar-refractivity contribution in [2.75, 3.05) is 0 Å². The molecular weight excluding hydrogens is 296 g/mol. The Morgan fingerprint density at radius 3 is 2.52 bits per heavy atom. The monoisotopic (exact) mass is 316 g/mol. The van der Waals surface area contributed by atoms with Gasteiger partial charge in [-0.3, -0.25) is 9.48 Å². The van der Waals surface area contributed by atoms with Crippen LogP contribution in [-0.4, -0.2) is 37.8 Å². The number of amides is 1. The van der Waals surface area contributed by atoms with Crippen molar-refractivity contribution in [2.24, 2.45) is 7.05 Å². The van der Waals surface area contributed by atoms with Gasteiger partial charge in [0.05, 0.1) is 0 Å². The molecule has 2 rings (SSSR count). The third kappa shape index (κ3) is 4.38. The van der Waals surface area contributed by atoms with Crippen LogP contribution in [0, 0.1) is 0 Å². The van der Waals surface area contributed by atoms with Gasteiger partial charge in [0.2, 0.25) is 0 Å². The van der Waals surface area contributed by atoms with Gasteiger partial charge in [-0.2, -0.15) is 5.10 Å². The second kappa shape index (κ2) is 7.53. The van der Waals surface area contributed by atoms with Gasteiger partial charge in [-0.15, -0.1) is 0 Å². The minimum Gasteiger partial charge on any atom is -0.480 e. The summed E-state index contributed by atoms with van der Waals surface area (Å²) in [4.78, 5) is 27.5. The molecule has 1 amide bonds. The summed E-state index contributed by atoms with van der Waals surface area (Å²) in [5.41, 5.74) is 1.20. The van der Waals surface area contributed by atoms with Gasteiger partial charge in [-0.1, -0.05) is 31.9 Å². The molecule has 0 spiro atoms. The Kier molecular flexibility index (Phi) is 5.46. The molecule has 0 aliphatic rings. The highest BCUT2D eigenvalue weighted by atomic mass is 16.4. The number of nitrogens with one attached hydrogen (secondary N) is 1. The summed E-state index contributed by atoms with van der Waals surface area (Å²) in [5.74, 6) is -0.832. The topological polar surface area (TPSA) is 97.1 Å². The van der Waals surface area contributed by atoms with Crippen molar-refractivity contribution in [1.29, 1.82) is 0 Å². The van der Waals surface area contributed by atoms with Crippen molar-refractivity contribution in [3.8, 4) is 11.4 Å². The molecule has 0 aliphatic heterocycles. The predicted octanol–water partition coefficient (Wildman–Crippen LogP) is 1.86. The maximum absolute atomic E-state index is 12.2. The van der Waals surface area contributed by atoms with Crippen LogP contribution in [0.1, 0.15) is 36.5 Å². The molecule has 1 aromatic carbocycles. The first-order chi connectivity index (χ1) is 11.0. The molecule has 122 valence electrons. The second-order valence-corrected chi connectivity index (χ2v) is 5.33. The fourth-order valence-electron chi connectivity index (χ4n) is 2.15. The van der Waals surface area contributed by atoms with Gasteiger partial charge >= 0.3 is 5.97 Å². The molecule has 1 unspecified atom stereocenters. The van der Waals surface area contributed by atoms with Crippen LogP contribution in [0.2, 0.25) is 0 Å². The predicted molar refractivity (Wildman–Crippen MR) is 84.9 cm³/mol. The standard InChI is InChI=1S/C16H20N4O3/c1-3-4-5-13(16(22)23)18-15(21)12-8-6-11(7-9-12)14-17-10-20(2)19-14/h6-10,13H,3-5H2,1-2H3,(H,18,21)(H,22,23). The maximum Gasteiger partial charge on any atom is 0.326 e. The van der Waals surface area contributed by atoms with Crippen LogP contribution in [0.3, 0.4) is 0 Å². The summed E-state index contributed by atoms with van der Waals surface area (Å²) in [6.07, 6.45) is 3.65. The van der Waals surface area contributed by atoms with Gasteiger partial charge in [0.25, 0.3) is 5.91 Å². The first-order valence-corrected chi connectivity index (χ1v) is 7.51. The summed E-state index contributed by atoms with van der Waals surface area (Å²) in [5, 5.41) is 15.9. The fraction of sp³-hybridized carbons (Fsp3) is 0.375. The van der Waals surface area contributed by atoms with Crippen LogP contribution in [0.15, 0.2) is 30.6 Å². The van der Waals surface area contributed by atoms with E-state index in [0.29, 0.717) is 17.8 Å². The lowest BCUT2D eigenvalue weighted by Crippen LogP contribution is -2.40. The number of hydrogen-bond acceptors (Lipinski definition) is 4. The van der Waals surface area contributed by atoms with E-state index in [1.54, 1.807) is 42.3 Å². The van der Waals surface area contributed by atoms with Gasteiger partial charge in [-0.05, 0) is 18.6 Å². The molecule has 0 radical (unpaired) electrons. The zero-order valence-electron chi connectivity index (χ0n) is 13.2. The molecule has 1 heterocycles. The van der Waals surface area contributed by atoms with Crippen LogP contribution < -0.4 is 5.32 Å². The lowest BCUT2D eigenvalue weighted by atomic mass is 10.1. The Labute approximate surface area is 134 Å². The van der Waals surface area contributed by atoms with Gasteiger partial charge in [0.15, 0.2) is 5.82 Å². The molecule has 23 heavy (non-hydrogen) atoms. The molecule has 0 bridgehead atoms. The fourth-order valence-corrected chi connectivity index (χ4v) is 2.15. The van der Waals surface area contributed by atoms with E-state index < -0.39 is 17.9 Å². The molecule has 0 aliphatic carbocycles. The van der Waals surface area contributed by atoms with E-state index in [0.717, 1.165) is 18.4 Å². The number of nitrogens with zero attached hydrogens (tertiary/aromatic N) is 3. The molecule has 0 saturated carbocycles. The highest BCUT2D eigenvalue weighted by molar-refractivity contribution is 5.96. The zero-order valence-corrected chi connectivity index (χ0v) is 13.2. The molecule has 1 atom stereocenters. The number of aryl methyl sites for hydroxylation is 1. The smallest absolute Gasteiger partial charge is 0.326 e. The first kappa shape index (κ1) is 16.7. The average Bonchev–Trinajstić information content (AvgIpc) is 2.97. The van der Waals surface area contributed by atoms with Crippen molar-refractivity contribution in [3.63, 3.8) is 0 Å². The van der Waals surface area contributed by atoms with Crippen LogP contribution in [0.25, 0.3) is 11.4 Å². The first-order valence-electron chi connectivity index (χ1n) is 7.51.